The van der Waals surface area contributed by atoms with Crippen LogP contribution in [-0.2, 0) is 15.7 Å². The van der Waals surface area contributed by atoms with Crippen molar-refractivity contribution in [1.82, 2.24) is 0 Å². The maximum absolute atomic E-state index is 13.1. The third-order valence-corrected chi connectivity index (χ3v) is 3.73. The van der Waals surface area contributed by atoms with Gasteiger partial charge < -0.3 is 9.84 Å². The molecule has 0 aromatic heterocycles. The molecule has 0 saturated heterocycles. The molecule has 26 heavy (non-hydrogen) atoms. The second kappa shape index (κ2) is 6.41. The van der Waals surface area contributed by atoms with Crippen LogP contribution in [0.5, 0.6) is 0 Å². The molecule has 0 unspecified atom stereocenters. The van der Waals surface area contributed by atoms with Gasteiger partial charge in [0, 0.05) is 0 Å². The molecule has 0 aliphatic carbocycles. The second-order valence-corrected chi connectivity index (χ2v) is 5.40. The molecule has 0 fully saturated rings. The Labute approximate surface area is 146 Å². The van der Waals surface area contributed by atoms with Crippen LogP contribution < -0.4 is 0 Å². The van der Waals surface area contributed by atoms with Crippen molar-refractivity contribution < 1.29 is 27.8 Å². The van der Waals surface area contributed by atoms with Crippen LogP contribution in [0.15, 0.2) is 60.0 Å². The molecule has 0 radical (unpaired) electrons. The molecule has 1 N–H and O–H groups in total. The van der Waals surface area contributed by atoms with E-state index >= 15 is 0 Å². The maximum Gasteiger partial charge on any atom is 0.416 e. The van der Waals surface area contributed by atoms with Gasteiger partial charge in [-0.25, -0.2) is 4.79 Å². The Morgan fingerprint density at radius 2 is 1.73 bits per heavy atom. The van der Waals surface area contributed by atoms with Crippen LogP contribution in [0.2, 0.25) is 0 Å². The number of rotatable bonds is 2. The number of cyclic esters (lactones) is 1. The Bertz CT molecular complexity index is 980. The lowest BCUT2D eigenvalue weighted by Crippen LogP contribution is -2.07. The van der Waals surface area contributed by atoms with Crippen LogP contribution in [0.4, 0.5) is 13.2 Å². The van der Waals surface area contributed by atoms with Crippen LogP contribution in [0.25, 0.3) is 11.6 Å². The number of alkyl halides is 3. The predicted molar refractivity (Wildman–Crippen MR) is 86.2 cm³/mol. The van der Waals surface area contributed by atoms with Gasteiger partial charge in [-0.3, -0.25) is 0 Å². The first-order chi connectivity index (χ1) is 12.3. The highest BCUT2D eigenvalue weighted by molar-refractivity contribution is 6.20. The fourth-order valence-electron chi connectivity index (χ4n) is 2.51. The molecule has 0 bridgehead atoms. The number of aliphatic hydroxyl groups excluding tert-OH is 1. The van der Waals surface area contributed by atoms with E-state index in [0.29, 0.717) is 11.1 Å². The van der Waals surface area contributed by atoms with Gasteiger partial charge in [0.05, 0.1) is 17.2 Å². The summed E-state index contributed by atoms with van der Waals surface area (Å²) in [6.07, 6.45) is -3.63. The summed E-state index contributed by atoms with van der Waals surface area (Å²) in [4.78, 5) is 12.1. The number of ether oxygens (including phenoxy) is 1. The van der Waals surface area contributed by atoms with E-state index in [1.807, 2.05) is 6.07 Å². The lowest BCUT2D eigenvalue weighted by atomic mass is 10.0. The molecule has 0 atom stereocenters. The number of benzene rings is 2. The Balaban J connectivity index is 2.06. The van der Waals surface area contributed by atoms with Gasteiger partial charge in [-0.15, -0.1) is 0 Å². The fourth-order valence-corrected chi connectivity index (χ4v) is 2.51. The largest absolute Gasteiger partial charge is 0.504 e. The molecule has 0 spiro atoms. The molecule has 2 aromatic carbocycles. The normalized spacial score (nSPS) is 15.9. The van der Waals surface area contributed by atoms with Crippen molar-refractivity contribution in [2.75, 3.05) is 0 Å². The topological polar surface area (TPSA) is 70.3 Å². The van der Waals surface area contributed by atoms with Gasteiger partial charge in [0.2, 0.25) is 0 Å². The molecule has 1 aliphatic heterocycles. The molecule has 130 valence electrons. The Morgan fingerprint density at radius 3 is 2.35 bits per heavy atom. The number of hydrogen-bond acceptors (Lipinski definition) is 4. The van der Waals surface area contributed by atoms with Crippen molar-refractivity contribution in [3.05, 3.63) is 82.3 Å². The number of halogens is 3. The summed E-state index contributed by atoms with van der Waals surface area (Å²) in [5.41, 5.74) is -0.682. The molecule has 4 nitrogen and oxygen atoms in total. The van der Waals surface area contributed by atoms with Gasteiger partial charge in [0.1, 0.15) is 5.57 Å². The minimum Gasteiger partial charge on any atom is -0.504 e. The van der Waals surface area contributed by atoms with Gasteiger partial charge >= 0.3 is 12.1 Å². The smallest absolute Gasteiger partial charge is 0.416 e. The molecule has 1 heterocycles. The van der Waals surface area contributed by atoms with Gasteiger partial charge in [-0.2, -0.15) is 18.4 Å². The first-order valence-corrected chi connectivity index (χ1v) is 7.35. The number of hydrogen-bond donors (Lipinski definition) is 1. The number of nitriles is 1. The van der Waals surface area contributed by atoms with E-state index < -0.39 is 23.5 Å². The SMILES string of the molecule is N#Cc1ccc(C2=C(O)C(=Cc3ccccc3C(F)(F)F)OC2=O)cc1. The van der Waals surface area contributed by atoms with E-state index in [1.54, 1.807) is 0 Å². The quantitative estimate of drug-likeness (QED) is 0.807. The molecule has 3 rings (SSSR count). The van der Waals surface area contributed by atoms with Crippen LogP contribution in [0.1, 0.15) is 22.3 Å². The van der Waals surface area contributed by atoms with Crippen molar-refractivity contribution >= 4 is 17.6 Å². The van der Waals surface area contributed by atoms with Gasteiger partial charge in [0.15, 0.2) is 11.5 Å². The number of esters is 1. The Morgan fingerprint density at radius 1 is 1.08 bits per heavy atom. The number of carbonyl (C=O) groups is 1. The Kier molecular flexibility index (Phi) is 4.26. The lowest BCUT2D eigenvalue weighted by molar-refractivity contribution is -0.137. The third kappa shape index (κ3) is 3.17. The van der Waals surface area contributed by atoms with Crippen LogP contribution in [0, 0.1) is 11.3 Å². The van der Waals surface area contributed by atoms with Crippen LogP contribution in [0.3, 0.4) is 0 Å². The number of carbonyl (C=O) groups excluding carboxylic acids is 1. The van der Waals surface area contributed by atoms with Crippen molar-refractivity contribution in [3.63, 3.8) is 0 Å². The summed E-state index contributed by atoms with van der Waals surface area (Å²) >= 11 is 0. The zero-order chi connectivity index (χ0) is 18.9. The fraction of sp³-hybridized carbons (Fsp3) is 0.0526. The lowest BCUT2D eigenvalue weighted by Gasteiger charge is -2.10. The molecular weight excluding hydrogens is 347 g/mol. The predicted octanol–water partition coefficient (Wildman–Crippen LogP) is 4.44. The van der Waals surface area contributed by atoms with E-state index in [-0.39, 0.29) is 16.9 Å². The van der Waals surface area contributed by atoms with E-state index in [9.17, 15) is 23.1 Å². The highest BCUT2D eigenvalue weighted by Crippen LogP contribution is 2.36. The minimum atomic E-state index is -4.59. The summed E-state index contributed by atoms with van der Waals surface area (Å²) < 4.78 is 44.1. The summed E-state index contributed by atoms with van der Waals surface area (Å²) in [5.74, 6) is -1.81. The standard InChI is InChI=1S/C19H10F3NO3/c20-19(21,22)14-4-2-1-3-13(14)9-15-17(24)16(18(25)26-15)12-7-5-11(10-23)6-8-12/h1-9,24H. The molecule has 0 saturated carbocycles. The first kappa shape index (κ1) is 17.3. The van der Waals surface area contributed by atoms with Gasteiger partial charge in [-0.05, 0) is 35.4 Å². The second-order valence-electron chi connectivity index (χ2n) is 5.40. The number of nitrogens with zero attached hydrogens (tertiary/aromatic N) is 1. The summed E-state index contributed by atoms with van der Waals surface area (Å²) in [7, 11) is 0. The van der Waals surface area contributed by atoms with Gasteiger partial charge in [0.25, 0.3) is 0 Å². The van der Waals surface area contributed by atoms with Gasteiger partial charge in [-0.1, -0.05) is 30.3 Å². The summed E-state index contributed by atoms with van der Waals surface area (Å²) in [6, 6.07) is 12.4. The zero-order valence-electron chi connectivity index (χ0n) is 13.0. The van der Waals surface area contributed by atoms with Crippen molar-refractivity contribution in [3.8, 4) is 6.07 Å². The van der Waals surface area contributed by atoms with E-state index in [2.05, 4.69) is 0 Å². The average Bonchev–Trinajstić information content (AvgIpc) is 2.88. The molecule has 2 aromatic rings. The summed E-state index contributed by atoms with van der Waals surface area (Å²) in [6.45, 7) is 0. The van der Waals surface area contributed by atoms with Crippen LogP contribution >= 0.6 is 0 Å². The van der Waals surface area contributed by atoms with Crippen molar-refractivity contribution in [1.29, 1.82) is 5.26 Å². The maximum atomic E-state index is 13.1. The number of aliphatic hydroxyl groups is 1. The molecular formula is C19H10F3NO3. The van der Waals surface area contributed by atoms with Crippen molar-refractivity contribution in [2.24, 2.45) is 0 Å². The first-order valence-electron chi connectivity index (χ1n) is 7.35. The third-order valence-electron chi connectivity index (χ3n) is 3.73. The monoisotopic (exact) mass is 357 g/mol. The summed E-state index contributed by atoms with van der Waals surface area (Å²) in [5, 5.41) is 19.1. The molecule has 1 aliphatic rings. The van der Waals surface area contributed by atoms with E-state index in [0.717, 1.165) is 12.1 Å². The Hall–Kier alpha value is -3.53. The van der Waals surface area contributed by atoms with E-state index in [1.165, 1.54) is 42.5 Å². The van der Waals surface area contributed by atoms with Crippen molar-refractivity contribution in [2.45, 2.75) is 6.18 Å². The molecule has 7 heteroatoms. The molecule has 0 amide bonds. The highest BCUT2D eigenvalue weighted by Gasteiger charge is 2.35. The average molecular weight is 357 g/mol. The van der Waals surface area contributed by atoms with Crippen LogP contribution in [-0.4, -0.2) is 11.1 Å². The minimum absolute atomic E-state index is 0.176. The highest BCUT2D eigenvalue weighted by atomic mass is 19.4. The zero-order valence-corrected chi connectivity index (χ0v) is 13.0. The van der Waals surface area contributed by atoms with E-state index in [4.69, 9.17) is 10.00 Å².